The molecule has 0 heterocycles. The molecule has 1 unspecified atom stereocenters. The van der Waals surface area contributed by atoms with Gasteiger partial charge < -0.3 is 5.11 Å². The largest absolute Gasteiger partial charge is 0.364 e. The van der Waals surface area contributed by atoms with Crippen molar-refractivity contribution in [2.75, 3.05) is 0 Å². The third-order valence-corrected chi connectivity index (χ3v) is 3.85. The summed E-state index contributed by atoms with van der Waals surface area (Å²) in [5.41, 5.74) is -0.418. The van der Waals surface area contributed by atoms with E-state index in [9.17, 15) is 9.50 Å². The zero-order chi connectivity index (χ0) is 11.1. The monoisotopic (exact) mass is 216 g/mol. The Hall–Kier alpha value is -0.110. The maximum atomic E-state index is 13.4. The lowest BCUT2D eigenvalue weighted by molar-refractivity contribution is -0.0896. The predicted molar refractivity (Wildman–Crippen MR) is 61.4 cm³/mol. The van der Waals surface area contributed by atoms with Crippen molar-refractivity contribution in [3.8, 4) is 0 Å². The van der Waals surface area contributed by atoms with Crippen molar-refractivity contribution < 1.29 is 9.50 Å². The first kappa shape index (κ1) is 13.0. The Bertz CT molecular complexity index is 158. The van der Waals surface area contributed by atoms with Crippen molar-refractivity contribution in [2.24, 2.45) is 5.41 Å². The molecule has 1 aliphatic rings. The van der Waals surface area contributed by atoms with Gasteiger partial charge in [0, 0.05) is 5.41 Å². The molecular weight excluding hydrogens is 191 g/mol. The highest BCUT2D eigenvalue weighted by Gasteiger charge is 2.36. The van der Waals surface area contributed by atoms with Gasteiger partial charge in [-0.1, -0.05) is 51.9 Å². The summed E-state index contributed by atoms with van der Waals surface area (Å²) in [7, 11) is 0. The number of alkyl halides is 1. The fraction of sp³-hybridized carbons (Fsp3) is 1.00. The van der Waals surface area contributed by atoms with E-state index in [1.165, 1.54) is 25.7 Å². The summed E-state index contributed by atoms with van der Waals surface area (Å²) in [4.78, 5) is 0. The van der Waals surface area contributed by atoms with E-state index in [1.807, 2.05) is 0 Å². The minimum absolute atomic E-state index is 0.418. The summed E-state index contributed by atoms with van der Waals surface area (Å²) in [6.07, 6.45) is 9.09. The summed E-state index contributed by atoms with van der Waals surface area (Å²) >= 11 is 0. The molecule has 15 heavy (non-hydrogen) atoms. The highest BCUT2D eigenvalue weighted by Crippen LogP contribution is 2.41. The Balaban J connectivity index is 2.62. The zero-order valence-corrected chi connectivity index (χ0v) is 9.97. The minimum Gasteiger partial charge on any atom is -0.364 e. The van der Waals surface area contributed by atoms with Crippen LogP contribution in [0.15, 0.2) is 0 Å². The molecular formula is C13H25FO. The highest BCUT2D eigenvalue weighted by molar-refractivity contribution is 4.82. The quantitative estimate of drug-likeness (QED) is 0.749. The molecule has 0 amide bonds. The van der Waals surface area contributed by atoms with E-state index < -0.39 is 11.8 Å². The smallest absolute Gasteiger partial charge is 0.202 e. The number of halogens is 1. The molecule has 0 aromatic heterocycles. The maximum Gasteiger partial charge on any atom is 0.202 e. The fourth-order valence-electron chi connectivity index (χ4n) is 2.89. The summed E-state index contributed by atoms with van der Waals surface area (Å²) in [5.74, 6) is 0. The lowest BCUT2D eigenvalue weighted by atomic mass is 9.75. The Morgan fingerprint density at radius 2 is 1.53 bits per heavy atom. The summed E-state index contributed by atoms with van der Waals surface area (Å²) < 4.78 is 13.4. The van der Waals surface area contributed by atoms with Crippen LogP contribution in [0.5, 0.6) is 0 Å². The van der Waals surface area contributed by atoms with Crippen LogP contribution < -0.4 is 0 Å². The maximum absolute atomic E-state index is 13.4. The van der Waals surface area contributed by atoms with Gasteiger partial charge in [0.05, 0.1) is 0 Å². The van der Waals surface area contributed by atoms with Gasteiger partial charge in [-0.15, -0.1) is 0 Å². The van der Waals surface area contributed by atoms with E-state index in [4.69, 9.17) is 0 Å². The lowest BCUT2D eigenvalue weighted by Crippen LogP contribution is -2.32. The van der Waals surface area contributed by atoms with E-state index >= 15 is 0 Å². The van der Waals surface area contributed by atoms with Gasteiger partial charge in [0.15, 0.2) is 0 Å². The summed E-state index contributed by atoms with van der Waals surface area (Å²) in [6, 6.07) is 0. The molecule has 0 bridgehead atoms. The van der Waals surface area contributed by atoms with Crippen LogP contribution in [0.3, 0.4) is 0 Å². The predicted octanol–water partition coefficient (Wildman–Crippen LogP) is 4.20. The minimum atomic E-state index is -1.62. The Morgan fingerprint density at radius 3 is 1.93 bits per heavy atom. The van der Waals surface area contributed by atoms with Crippen molar-refractivity contribution in [1.29, 1.82) is 0 Å². The van der Waals surface area contributed by atoms with Crippen LogP contribution in [0.25, 0.3) is 0 Å². The molecule has 2 heteroatoms. The molecule has 1 atom stereocenters. The third-order valence-electron chi connectivity index (χ3n) is 3.85. The number of hydrogen-bond donors (Lipinski definition) is 1. The van der Waals surface area contributed by atoms with Gasteiger partial charge in [0.25, 0.3) is 0 Å². The Kier molecular flexibility index (Phi) is 5.59. The molecule has 0 saturated heterocycles. The van der Waals surface area contributed by atoms with E-state index in [0.717, 1.165) is 38.5 Å². The van der Waals surface area contributed by atoms with Crippen molar-refractivity contribution in [3.63, 3.8) is 0 Å². The first-order valence-corrected chi connectivity index (χ1v) is 6.53. The molecule has 0 aromatic rings. The van der Waals surface area contributed by atoms with E-state index in [1.54, 1.807) is 0 Å². The van der Waals surface area contributed by atoms with Gasteiger partial charge in [-0.25, -0.2) is 4.39 Å². The second kappa shape index (κ2) is 6.47. The van der Waals surface area contributed by atoms with Crippen LogP contribution in [0.2, 0.25) is 0 Å². The topological polar surface area (TPSA) is 20.2 Å². The standard InChI is InChI=1S/C13H25FO/c1-2-9-13(12(14)15)10-7-5-3-4-6-8-11-13/h12,15H,2-11H2,1H3. The van der Waals surface area contributed by atoms with Gasteiger partial charge in [-0.2, -0.15) is 0 Å². The van der Waals surface area contributed by atoms with Gasteiger partial charge in [-0.3, -0.25) is 0 Å². The Labute approximate surface area is 93.1 Å². The normalized spacial score (nSPS) is 25.0. The van der Waals surface area contributed by atoms with E-state index in [0.29, 0.717) is 0 Å². The number of aliphatic hydroxyl groups excluding tert-OH is 1. The zero-order valence-electron chi connectivity index (χ0n) is 9.97. The molecule has 0 spiro atoms. The molecule has 0 radical (unpaired) electrons. The van der Waals surface area contributed by atoms with Crippen LogP contribution in [0.1, 0.15) is 71.1 Å². The van der Waals surface area contributed by atoms with Crippen molar-refractivity contribution in [1.82, 2.24) is 0 Å². The summed E-state index contributed by atoms with van der Waals surface area (Å²) in [5, 5.41) is 9.40. The van der Waals surface area contributed by atoms with Crippen LogP contribution >= 0.6 is 0 Å². The first-order valence-electron chi connectivity index (χ1n) is 6.53. The van der Waals surface area contributed by atoms with Crippen LogP contribution in [-0.2, 0) is 0 Å². The average molecular weight is 216 g/mol. The molecule has 0 aliphatic heterocycles. The summed E-state index contributed by atoms with van der Waals surface area (Å²) in [6.45, 7) is 2.08. The van der Waals surface area contributed by atoms with Crippen molar-refractivity contribution in [3.05, 3.63) is 0 Å². The highest BCUT2D eigenvalue weighted by atomic mass is 19.1. The number of aliphatic hydroxyl groups is 1. The molecule has 1 rings (SSSR count). The second-order valence-electron chi connectivity index (χ2n) is 5.07. The van der Waals surface area contributed by atoms with Gasteiger partial charge in [0.1, 0.15) is 0 Å². The van der Waals surface area contributed by atoms with E-state index in [-0.39, 0.29) is 0 Å². The molecule has 1 fully saturated rings. The molecule has 1 N–H and O–H groups in total. The molecule has 1 nitrogen and oxygen atoms in total. The molecule has 0 aromatic carbocycles. The van der Waals surface area contributed by atoms with E-state index in [2.05, 4.69) is 6.92 Å². The second-order valence-corrected chi connectivity index (χ2v) is 5.07. The third kappa shape index (κ3) is 3.75. The number of hydrogen-bond acceptors (Lipinski definition) is 1. The van der Waals surface area contributed by atoms with Crippen LogP contribution in [0.4, 0.5) is 4.39 Å². The molecule has 90 valence electrons. The van der Waals surface area contributed by atoms with Gasteiger partial charge in [-0.05, 0) is 19.3 Å². The molecule has 1 aliphatic carbocycles. The lowest BCUT2D eigenvalue weighted by Gasteiger charge is -2.34. The van der Waals surface area contributed by atoms with Gasteiger partial charge >= 0.3 is 0 Å². The average Bonchev–Trinajstić information content (AvgIpc) is 2.31. The van der Waals surface area contributed by atoms with Crippen LogP contribution in [-0.4, -0.2) is 11.5 Å². The fourth-order valence-corrected chi connectivity index (χ4v) is 2.89. The number of rotatable bonds is 3. The SMILES string of the molecule is CCCC1(C(O)F)CCCCCCCC1. The van der Waals surface area contributed by atoms with Crippen molar-refractivity contribution in [2.45, 2.75) is 77.5 Å². The van der Waals surface area contributed by atoms with Crippen LogP contribution in [0, 0.1) is 5.41 Å². The molecule has 1 saturated carbocycles. The van der Waals surface area contributed by atoms with Crippen molar-refractivity contribution >= 4 is 0 Å². The Morgan fingerprint density at radius 1 is 1.07 bits per heavy atom. The van der Waals surface area contributed by atoms with Gasteiger partial charge in [0.2, 0.25) is 6.36 Å². The first-order chi connectivity index (χ1) is 7.21.